The van der Waals surface area contributed by atoms with Crippen molar-refractivity contribution in [2.75, 3.05) is 19.1 Å². The quantitative estimate of drug-likeness (QED) is 0.167. The summed E-state index contributed by atoms with van der Waals surface area (Å²) in [7, 11) is 3.37. The number of nitrogens with zero attached hydrogens (tertiary/aromatic N) is 3. The molecule has 1 atom stereocenters. The molecule has 0 aliphatic heterocycles. The number of aromatic nitrogens is 1. The van der Waals surface area contributed by atoms with E-state index in [-0.39, 0.29) is 5.41 Å². The van der Waals surface area contributed by atoms with Crippen LogP contribution < -0.4 is 14.4 Å². The van der Waals surface area contributed by atoms with Gasteiger partial charge in [0.1, 0.15) is 16.5 Å². The van der Waals surface area contributed by atoms with Gasteiger partial charge in [-0.15, -0.1) is 11.3 Å². The van der Waals surface area contributed by atoms with Gasteiger partial charge in [0.15, 0.2) is 0 Å². The maximum atomic E-state index is 8.14. The summed E-state index contributed by atoms with van der Waals surface area (Å²) in [5, 5.41) is 0.816. The molecule has 0 fully saturated rings. The van der Waals surface area contributed by atoms with Crippen molar-refractivity contribution in [1.29, 1.82) is 0 Å². The molecule has 47 heavy (non-hydrogen) atoms. The molecule has 4 aromatic carbocycles. The molecule has 7 rings (SSSR count). The largest absolute Gasteiger partial charge is 0.497 e. The maximum absolute atomic E-state index is 8.14. The van der Waals surface area contributed by atoms with Gasteiger partial charge in [-0.05, 0) is 126 Å². The zero-order valence-corrected chi connectivity index (χ0v) is 28.0. The fourth-order valence-electron chi connectivity index (χ4n) is 7.04. The molecule has 0 N–H and O–H groups in total. The summed E-state index contributed by atoms with van der Waals surface area (Å²) in [5.74, 6) is 2.10. The molecule has 0 saturated carbocycles. The second-order valence-corrected chi connectivity index (χ2v) is 13.9. The van der Waals surface area contributed by atoms with Crippen LogP contribution in [0.3, 0.4) is 0 Å². The van der Waals surface area contributed by atoms with E-state index in [9.17, 15) is 0 Å². The van der Waals surface area contributed by atoms with Crippen molar-refractivity contribution >= 4 is 49.9 Å². The predicted octanol–water partition coefficient (Wildman–Crippen LogP) is 11.3. The van der Waals surface area contributed by atoms with Crippen LogP contribution in [0.15, 0.2) is 120 Å². The Labute approximate surface area is 280 Å². The highest BCUT2D eigenvalue weighted by molar-refractivity contribution is 7.19. The Morgan fingerprint density at radius 2 is 1.43 bits per heavy atom. The molecule has 1 aromatic heterocycles. The minimum atomic E-state index is 0.0508. The van der Waals surface area contributed by atoms with Crippen LogP contribution in [0.1, 0.15) is 43.7 Å². The van der Waals surface area contributed by atoms with Crippen molar-refractivity contribution in [1.82, 2.24) is 4.98 Å². The molecular formula is C41H37N3O2S. The highest BCUT2D eigenvalue weighted by Gasteiger charge is 2.38. The van der Waals surface area contributed by atoms with Crippen LogP contribution in [0, 0.1) is 17.9 Å². The van der Waals surface area contributed by atoms with Gasteiger partial charge in [0.05, 0.1) is 31.0 Å². The van der Waals surface area contributed by atoms with Crippen LogP contribution in [0.25, 0.3) is 26.3 Å². The molecule has 1 unspecified atom stereocenters. The van der Waals surface area contributed by atoms with Crippen molar-refractivity contribution in [2.24, 2.45) is 11.3 Å². The molecule has 1 heterocycles. The van der Waals surface area contributed by atoms with Crippen molar-refractivity contribution in [2.45, 2.75) is 33.1 Å². The first kappa shape index (κ1) is 30.5. The van der Waals surface area contributed by atoms with E-state index in [1.807, 2.05) is 42.5 Å². The van der Waals surface area contributed by atoms with Gasteiger partial charge in [0.25, 0.3) is 0 Å². The normalized spacial score (nSPS) is 18.0. The topological polar surface area (TPSA) is 39.0 Å². The van der Waals surface area contributed by atoms with Gasteiger partial charge in [-0.25, -0.2) is 9.83 Å². The number of hydrogen-bond acceptors (Lipinski definition) is 5. The fraction of sp³-hybridized carbons (Fsp3) is 0.220. The van der Waals surface area contributed by atoms with E-state index in [0.29, 0.717) is 11.6 Å². The van der Waals surface area contributed by atoms with E-state index in [0.717, 1.165) is 68.6 Å². The molecule has 0 amide bonds. The first-order chi connectivity index (χ1) is 22.9. The molecule has 0 spiro atoms. The number of thiazole rings is 1. The summed E-state index contributed by atoms with van der Waals surface area (Å²) in [6.45, 7) is 12.8. The predicted molar refractivity (Wildman–Crippen MR) is 195 cm³/mol. The third-order valence-electron chi connectivity index (χ3n) is 9.45. The third kappa shape index (κ3) is 5.95. The van der Waals surface area contributed by atoms with Crippen molar-refractivity contribution in [3.05, 3.63) is 142 Å². The highest BCUT2D eigenvalue weighted by Crippen LogP contribution is 2.51. The number of benzene rings is 4. The minimum absolute atomic E-state index is 0.0508. The summed E-state index contributed by atoms with van der Waals surface area (Å²) >= 11 is 1.61. The van der Waals surface area contributed by atoms with Gasteiger partial charge in [-0.1, -0.05) is 50.3 Å². The molecule has 0 saturated heterocycles. The average Bonchev–Trinajstić information content (AvgIpc) is 3.53. The lowest BCUT2D eigenvalue weighted by Crippen LogP contribution is -2.31. The van der Waals surface area contributed by atoms with Crippen LogP contribution in [0.5, 0.6) is 11.5 Å². The second kappa shape index (κ2) is 12.6. The molecule has 234 valence electrons. The van der Waals surface area contributed by atoms with E-state index in [2.05, 4.69) is 90.3 Å². The number of allylic oxidation sites excluding steroid dienone is 5. The molecule has 0 radical (unpaired) electrons. The van der Waals surface area contributed by atoms with Crippen molar-refractivity contribution < 1.29 is 9.47 Å². The highest BCUT2D eigenvalue weighted by atomic mass is 32.1. The Hall–Kier alpha value is -5.12. The maximum Gasteiger partial charge on any atom is 0.225 e. The Balaban J connectivity index is 1.24. The van der Waals surface area contributed by atoms with Gasteiger partial charge in [-0.3, -0.25) is 0 Å². The molecular weight excluding hydrogens is 599 g/mol. The molecule has 6 heteroatoms. The number of hydrogen-bond donors (Lipinski definition) is 0. The van der Waals surface area contributed by atoms with E-state index in [1.165, 1.54) is 16.7 Å². The lowest BCUT2D eigenvalue weighted by atomic mass is 9.62. The molecule has 2 aliphatic carbocycles. The smallest absolute Gasteiger partial charge is 0.225 e. The number of fused-ring (bicyclic) bond motifs is 2. The van der Waals surface area contributed by atoms with E-state index in [4.69, 9.17) is 21.0 Å². The van der Waals surface area contributed by atoms with Crippen LogP contribution in [-0.2, 0) is 0 Å². The van der Waals surface area contributed by atoms with E-state index >= 15 is 0 Å². The molecule has 5 aromatic rings. The van der Waals surface area contributed by atoms with Crippen molar-refractivity contribution in [3.63, 3.8) is 0 Å². The fourth-order valence-corrected chi connectivity index (χ4v) is 8.03. The standard InChI is InChI=1S/C41H37N3O2S/c1-41(2)26-30(39(42-3)40-43-37-8-6-7-9-38(37)47-40)25-29-24-28(12-23-36(29)41)27-10-13-31(14-11-27)44(32-15-19-34(45-4)20-16-32)33-17-21-35(46-5)22-18-33/h6-11,13-22,24-25,36H,12,23,26H2,1-2,4-5H3. The van der Waals surface area contributed by atoms with Crippen LogP contribution >= 0.6 is 11.3 Å². The van der Waals surface area contributed by atoms with Crippen molar-refractivity contribution in [3.8, 4) is 11.5 Å². The van der Waals surface area contributed by atoms with Crippen LogP contribution in [0.4, 0.5) is 17.1 Å². The Morgan fingerprint density at radius 3 is 2.00 bits per heavy atom. The van der Waals surface area contributed by atoms with Crippen LogP contribution in [-0.4, -0.2) is 19.2 Å². The second-order valence-electron chi connectivity index (χ2n) is 12.8. The lowest BCUT2D eigenvalue weighted by Gasteiger charge is -2.42. The average molecular weight is 636 g/mol. The molecule has 2 aliphatic rings. The molecule has 0 bridgehead atoms. The number of rotatable bonds is 7. The minimum Gasteiger partial charge on any atom is -0.497 e. The monoisotopic (exact) mass is 635 g/mol. The number of ether oxygens (including phenoxy) is 2. The Bertz CT molecular complexity index is 1980. The van der Waals surface area contributed by atoms with Gasteiger partial charge in [0.2, 0.25) is 5.70 Å². The lowest BCUT2D eigenvalue weighted by molar-refractivity contribution is 0.228. The van der Waals surface area contributed by atoms with E-state index in [1.54, 1.807) is 25.6 Å². The van der Waals surface area contributed by atoms with Gasteiger partial charge < -0.3 is 14.4 Å². The number of methoxy groups -OCH3 is 2. The Kier molecular flexibility index (Phi) is 8.17. The SMILES string of the molecule is [C-]#[N+]C(=C1C=C2C=C(c3ccc(N(c4ccc(OC)cc4)c4ccc(OC)cc4)cc3)CCC2C(C)(C)C1)c1nc2ccccc2s1. The first-order valence-corrected chi connectivity index (χ1v) is 16.8. The van der Waals surface area contributed by atoms with E-state index < -0.39 is 0 Å². The summed E-state index contributed by atoms with van der Waals surface area (Å²) in [4.78, 5) is 11.1. The zero-order chi connectivity index (χ0) is 32.5. The van der Waals surface area contributed by atoms with Gasteiger partial charge in [-0.2, -0.15) is 0 Å². The summed E-state index contributed by atoms with van der Waals surface area (Å²) < 4.78 is 12.0. The summed E-state index contributed by atoms with van der Waals surface area (Å²) in [6, 6.07) is 33.3. The number of para-hydroxylation sites is 1. The summed E-state index contributed by atoms with van der Waals surface area (Å²) in [6.07, 6.45) is 7.67. The third-order valence-corrected chi connectivity index (χ3v) is 10.5. The van der Waals surface area contributed by atoms with Gasteiger partial charge in [0, 0.05) is 17.1 Å². The van der Waals surface area contributed by atoms with Crippen LogP contribution in [0.2, 0.25) is 0 Å². The Morgan fingerprint density at radius 1 is 0.830 bits per heavy atom. The molecule has 5 nitrogen and oxygen atoms in total. The number of anilines is 3. The zero-order valence-electron chi connectivity index (χ0n) is 27.2. The summed E-state index contributed by atoms with van der Waals surface area (Å²) in [5.41, 5.74) is 9.82. The van der Waals surface area contributed by atoms with Gasteiger partial charge >= 0.3 is 0 Å². The first-order valence-electron chi connectivity index (χ1n) is 15.9.